The van der Waals surface area contributed by atoms with Gasteiger partial charge in [-0.1, -0.05) is 23.7 Å². The predicted molar refractivity (Wildman–Crippen MR) is 74.2 cm³/mol. The summed E-state index contributed by atoms with van der Waals surface area (Å²) in [5.41, 5.74) is 1.20. The number of hydrogen-bond acceptors (Lipinski definition) is 3. The molecule has 6 nitrogen and oxygen atoms in total. The van der Waals surface area contributed by atoms with Crippen molar-refractivity contribution in [2.24, 2.45) is 0 Å². The van der Waals surface area contributed by atoms with Crippen LogP contribution in [0.3, 0.4) is 0 Å². The van der Waals surface area contributed by atoms with Crippen LogP contribution in [0.5, 0.6) is 0 Å². The van der Waals surface area contributed by atoms with Crippen molar-refractivity contribution in [3.05, 3.63) is 52.8 Å². The molecule has 1 heterocycles. The molecule has 2 rings (SSSR count). The van der Waals surface area contributed by atoms with Crippen LogP contribution in [0, 0.1) is 0 Å². The van der Waals surface area contributed by atoms with Gasteiger partial charge in [0.1, 0.15) is 0 Å². The molecular weight excluding hydrogens is 280 g/mol. The van der Waals surface area contributed by atoms with E-state index in [1.54, 1.807) is 36.7 Å². The summed E-state index contributed by atoms with van der Waals surface area (Å²) in [7, 11) is 0. The van der Waals surface area contributed by atoms with Crippen LogP contribution in [0.15, 0.2) is 36.7 Å². The maximum Gasteiger partial charge on any atom is 0.253 e. The molecule has 0 unspecified atom stereocenters. The lowest BCUT2D eigenvalue weighted by atomic mass is 10.2. The van der Waals surface area contributed by atoms with Gasteiger partial charge in [0.05, 0.1) is 23.3 Å². The average molecular weight is 293 g/mol. The van der Waals surface area contributed by atoms with Gasteiger partial charge in [-0.05, 0) is 12.1 Å². The van der Waals surface area contributed by atoms with E-state index in [1.165, 1.54) is 0 Å². The van der Waals surface area contributed by atoms with E-state index in [2.05, 4.69) is 20.8 Å². The molecule has 3 N–H and O–H groups in total. The number of hydrogen-bond donors (Lipinski definition) is 3. The van der Waals surface area contributed by atoms with Crippen LogP contribution in [0.4, 0.5) is 0 Å². The summed E-state index contributed by atoms with van der Waals surface area (Å²) in [6.45, 7) is 0.249. The Morgan fingerprint density at radius 2 is 2.05 bits per heavy atom. The first-order chi connectivity index (χ1) is 9.66. The summed E-state index contributed by atoms with van der Waals surface area (Å²) in [5, 5.41) is 11.9. The Kier molecular flexibility index (Phi) is 4.73. The molecule has 0 aliphatic heterocycles. The molecule has 0 saturated carbocycles. The smallest absolute Gasteiger partial charge is 0.253 e. The van der Waals surface area contributed by atoms with Crippen molar-refractivity contribution in [2.75, 3.05) is 6.54 Å². The molecule has 0 atom stereocenters. The van der Waals surface area contributed by atoms with Gasteiger partial charge in [0.15, 0.2) is 0 Å². The Labute approximate surface area is 120 Å². The van der Waals surface area contributed by atoms with Gasteiger partial charge in [-0.2, -0.15) is 5.10 Å². The fourth-order valence-electron chi connectivity index (χ4n) is 1.54. The third kappa shape index (κ3) is 3.83. The third-order valence-electron chi connectivity index (χ3n) is 2.57. The van der Waals surface area contributed by atoms with Gasteiger partial charge in [0.2, 0.25) is 5.91 Å². The maximum atomic E-state index is 11.8. The molecule has 0 fully saturated rings. The number of nitrogens with one attached hydrogen (secondary N) is 3. The molecule has 1 aromatic heterocycles. The highest BCUT2D eigenvalue weighted by atomic mass is 35.5. The van der Waals surface area contributed by atoms with Crippen LogP contribution in [0.1, 0.15) is 15.9 Å². The average Bonchev–Trinajstić information content (AvgIpc) is 2.96. The molecule has 0 bridgehead atoms. The van der Waals surface area contributed by atoms with Crippen molar-refractivity contribution in [2.45, 2.75) is 6.54 Å². The number of H-pyrrole nitrogens is 1. The van der Waals surface area contributed by atoms with Gasteiger partial charge in [-0.3, -0.25) is 14.7 Å². The van der Waals surface area contributed by atoms with Crippen LogP contribution in [-0.2, 0) is 11.3 Å². The second-order valence-electron chi connectivity index (χ2n) is 4.05. The molecule has 104 valence electrons. The number of rotatable bonds is 5. The quantitative estimate of drug-likeness (QED) is 0.771. The maximum absolute atomic E-state index is 11.8. The first kappa shape index (κ1) is 14.1. The predicted octanol–water partition coefficient (Wildman–Crippen LogP) is 1.11. The number of carbonyl (C=O) groups is 2. The van der Waals surface area contributed by atoms with Crippen LogP contribution in [0.2, 0.25) is 5.02 Å². The van der Waals surface area contributed by atoms with Crippen LogP contribution < -0.4 is 10.6 Å². The van der Waals surface area contributed by atoms with Gasteiger partial charge in [-0.15, -0.1) is 0 Å². The molecule has 2 aromatic rings. The van der Waals surface area contributed by atoms with Crippen LogP contribution >= 0.6 is 11.6 Å². The largest absolute Gasteiger partial charge is 0.350 e. The Balaban J connectivity index is 1.78. The lowest BCUT2D eigenvalue weighted by Crippen LogP contribution is -2.36. The second kappa shape index (κ2) is 6.72. The summed E-state index contributed by atoms with van der Waals surface area (Å²) < 4.78 is 0. The highest BCUT2D eigenvalue weighted by molar-refractivity contribution is 6.33. The van der Waals surface area contributed by atoms with Gasteiger partial charge < -0.3 is 10.6 Å². The Bertz CT molecular complexity index is 598. The monoisotopic (exact) mass is 292 g/mol. The van der Waals surface area contributed by atoms with E-state index in [9.17, 15) is 9.59 Å². The lowest BCUT2D eigenvalue weighted by molar-refractivity contribution is -0.120. The highest BCUT2D eigenvalue weighted by Gasteiger charge is 2.10. The molecule has 7 heteroatoms. The second-order valence-corrected chi connectivity index (χ2v) is 4.45. The zero-order valence-corrected chi connectivity index (χ0v) is 11.3. The first-order valence-electron chi connectivity index (χ1n) is 5.94. The van der Waals surface area contributed by atoms with E-state index >= 15 is 0 Å². The number of benzene rings is 1. The van der Waals surface area contributed by atoms with E-state index in [-0.39, 0.29) is 18.4 Å². The summed E-state index contributed by atoms with van der Waals surface area (Å²) in [5.74, 6) is -0.666. The Morgan fingerprint density at radius 1 is 1.25 bits per heavy atom. The number of amides is 2. The number of carbonyl (C=O) groups excluding carboxylic acids is 2. The normalized spacial score (nSPS) is 10.1. The Hall–Kier alpha value is -2.34. The van der Waals surface area contributed by atoms with Crippen LogP contribution in [-0.4, -0.2) is 28.6 Å². The van der Waals surface area contributed by atoms with Crippen molar-refractivity contribution in [3.63, 3.8) is 0 Å². The molecule has 0 radical (unpaired) electrons. The van der Waals surface area contributed by atoms with Crippen molar-refractivity contribution in [1.29, 1.82) is 0 Å². The SMILES string of the molecule is O=C(CNC(=O)c1ccccc1Cl)NCc1cn[nH]c1. The standard InChI is InChI=1S/C13H13ClN4O2/c14-11-4-2-1-3-10(11)13(20)16-8-12(19)15-5-9-6-17-18-7-9/h1-4,6-7H,5,8H2,(H,15,19)(H,16,20)(H,17,18). The molecule has 0 saturated heterocycles. The number of aromatic amines is 1. The number of aromatic nitrogens is 2. The molecular formula is C13H13ClN4O2. The summed E-state index contributed by atoms with van der Waals surface area (Å²) in [4.78, 5) is 23.4. The van der Waals surface area contributed by atoms with E-state index < -0.39 is 0 Å². The van der Waals surface area contributed by atoms with Crippen molar-refractivity contribution < 1.29 is 9.59 Å². The fraction of sp³-hybridized carbons (Fsp3) is 0.154. The highest BCUT2D eigenvalue weighted by Crippen LogP contribution is 2.14. The van der Waals surface area contributed by atoms with E-state index in [0.717, 1.165) is 5.56 Å². The van der Waals surface area contributed by atoms with Crippen molar-refractivity contribution in [1.82, 2.24) is 20.8 Å². The minimum absolute atomic E-state index is 0.109. The van der Waals surface area contributed by atoms with Crippen molar-refractivity contribution >= 4 is 23.4 Å². The van der Waals surface area contributed by atoms with Gasteiger partial charge in [0, 0.05) is 18.3 Å². The van der Waals surface area contributed by atoms with Crippen LogP contribution in [0.25, 0.3) is 0 Å². The minimum atomic E-state index is -0.380. The Morgan fingerprint density at radius 3 is 2.75 bits per heavy atom. The summed E-state index contributed by atoms with van der Waals surface area (Å²) in [6.07, 6.45) is 3.30. The molecule has 2 amide bonds. The minimum Gasteiger partial charge on any atom is -0.350 e. The van der Waals surface area contributed by atoms with Gasteiger partial charge >= 0.3 is 0 Å². The third-order valence-corrected chi connectivity index (χ3v) is 2.90. The van der Waals surface area contributed by atoms with Crippen molar-refractivity contribution in [3.8, 4) is 0 Å². The molecule has 0 aliphatic carbocycles. The van der Waals surface area contributed by atoms with E-state index in [0.29, 0.717) is 17.1 Å². The first-order valence-corrected chi connectivity index (χ1v) is 6.31. The molecule has 1 aromatic carbocycles. The van der Waals surface area contributed by atoms with Gasteiger partial charge in [0.25, 0.3) is 5.91 Å². The number of nitrogens with zero attached hydrogens (tertiary/aromatic N) is 1. The van der Waals surface area contributed by atoms with E-state index in [1.807, 2.05) is 0 Å². The van der Waals surface area contributed by atoms with E-state index in [4.69, 9.17) is 11.6 Å². The topological polar surface area (TPSA) is 86.9 Å². The summed E-state index contributed by atoms with van der Waals surface area (Å²) >= 11 is 5.89. The van der Waals surface area contributed by atoms with Gasteiger partial charge in [-0.25, -0.2) is 0 Å². The fourth-order valence-corrected chi connectivity index (χ4v) is 1.76. The molecule has 0 spiro atoms. The molecule has 20 heavy (non-hydrogen) atoms. The molecule has 0 aliphatic rings. The zero-order valence-electron chi connectivity index (χ0n) is 10.5. The number of halogens is 1. The zero-order chi connectivity index (χ0) is 14.4. The summed E-state index contributed by atoms with van der Waals surface area (Å²) in [6, 6.07) is 6.66. The lowest BCUT2D eigenvalue weighted by Gasteiger charge is -2.07.